The van der Waals surface area contributed by atoms with Crippen LogP contribution >= 0.6 is 11.8 Å². The van der Waals surface area contributed by atoms with Crippen LogP contribution in [0.25, 0.3) is 11.6 Å². The van der Waals surface area contributed by atoms with Gasteiger partial charge in [-0.25, -0.2) is 0 Å². The molecular weight excluding hydrogens is 458 g/mol. The summed E-state index contributed by atoms with van der Waals surface area (Å²) in [5.74, 6) is -0.856. The van der Waals surface area contributed by atoms with E-state index in [-0.39, 0.29) is 12.1 Å². The number of hydrogen-bond acceptors (Lipinski definition) is 5. The van der Waals surface area contributed by atoms with Crippen molar-refractivity contribution in [2.24, 2.45) is 0 Å². The van der Waals surface area contributed by atoms with Crippen molar-refractivity contribution in [2.75, 3.05) is 23.3 Å². The highest BCUT2D eigenvalue weighted by Crippen LogP contribution is 2.40. The molecule has 2 heterocycles. The molecule has 182 valence electrons. The summed E-state index contributed by atoms with van der Waals surface area (Å²) in [4.78, 5) is 41.7. The van der Waals surface area contributed by atoms with E-state index in [2.05, 4.69) is 56.1 Å². The van der Waals surface area contributed by atoms with Gasteiger partial charge in [-0.1, -0.05) is 18.2 Å². The summed E-state index contributed by atoms with van der Waals surface area (Å²) in [5, 5.41) is 2.33. The number of allylic oxidation sites excluding steroid dienone is 1. The highest BCUT2D eigenvalue weighted by molar-refractivity contribution is 8.18. The number of amides is 3. The number of carbonyl (C=O) groups excluding carboxylic acids is 3. The van der Waals surface area contributed by atoms with E-state index < -0.39 is 17.1 Å². The average Bonchev–Trinajstić information content (AvgIpc) is 3.03. The van der Waals surface area contributed by atoms with Crippen molar-refractivity contribution in [3.05, 3.63) is 69.6 Å². The second-order valence-corrected chi connectivity index (χ2v) is 10.6. The Hall–Kier alpha value is -3.32. The molecule has 2 aliphatic heterocycles. The number of hydrogen-bond donors (Lipinski definition) is 1. The zero-order valence-corrected chi connectivity index (χ0v) is 21.9. The van der Waals surface area contributed by atoms with Gasteiger partial charge >= 0.3 is 0 Å². The number of aryl methyl sites for hydroxylation is 2. The fraction of sp³-hybridized carbons (Fsp3) is 0.321. The fourth-order valence-corrected chi connectivity index (χ4v) is 5.56. The van der Waals surface area contributed by atoms with E-state index in [1.54, 1.807) is 12.1 Å². The van der Waals surface area contributed by atoms with E-state index in [1.165, 1.54) is 5.57 Å². The van der Waals surface area contributed by atoms with Gasteiger partial charge in [-0.3, -0.25) is 19.3 Å². The molecule has 2 aliphatic rings. The van der Waals surface area contributed by atoms with Crippen molar-refractivity contribution in [3.63, 3.8) is 0 Å². The molecule has 2 aromatic carbocycles. The molecule has 1 N–H and O–H groups in total. The normalized spacial score (nSPS) is 18.1. The SMILES string of the molecule is CCN1c2ccc(/C=C3/SC(=O)N(CC(=O)Nc4ccc(C)c(C)c4)C3=O)cc2C(C)=CC1(C)C. The van der Waals surface area contributed by atoms with Crippen LogP contribution in [-0.2, 0) is 9.59 Å². The molecule has 35 heavy (non-hydrogen) atoms. The Labute approximate surface area is 211 Å². The molecule has 0 aliphatic carbocycles. The number of imide groups is 1. The molecule has 3 amide bonds. The van der Waals surface area contributed by atoms with Gasteiger partial charge in [-0.05, 0) is 106 Å². The zero-order chi connectivity index (χ0) is 25.5. The minimum atomic E-state index is -0.448. The maximum absolute atomic E-state index is 13.0. The van der Waals surface area contributed by atoms with E-state index in [9.17, 15) is 14.4 Å². The van der Waals surface area contributed by atoms with Gasteiger partial charge < -0.3 is 10.2 Å². The third-order valence-corrected chi connectivity index (χ3v) is 7.49. The third-order valence-electron chi connectivity index (χ3n) is 6.58. The number of likely N-dealkylation sites (N-methyl/N-ethyl adjacent to an activating group) is 1. The highest BCUT2D eigenvalue weighted by Gasteiger charge is 2.36. The van der Waals surface area contributed by atoms with Crippen LogP contribution in [-0.4, -0.2) is 40.6 Å². The Morgan fingerprint density at radius 1 is 1.06 bits per heavy atom. The number of thioether (sulfide) groups is 1. The van der Waals surface area contributed by atoms with E-state index >= 15 is 0 Å². The van der Waals surface area contributed by atoms with Crippen molar-refractivity contribution in [3.8, 4) is 0 Å². The molecule has 0 saturated carbocycles. The second kappa shape index (κ2) is 9.38. The lowest BCUT2D eigenvalue weighted by Gasteiger charge is -2.42. The molecule has 6 nitrogen and oxygen atoms in total. The third kappa shape index (κ3) is 4.91. The number of nitrogens with zero attached hydrogens (tertiary/aromatic N) is 2. The maximum atomic E-state index is 13.0. The van der Waals surface area contributed by atoms with Crippen LogP contribution in [0.2, 0.25) is 0 Å². The predicted molar refractivity (Wildman–Crippen MR) is 144 cm³/mol. The van der Waals surface area contributed by atoms with Crippen molar-refractivity contribution >= 4 is 51.8 Å². The van der Waals surface area contributed by atoms with Crippen LogP contribution in [0.4, 0.5) is 16.2 Å². The predicted octanol–water partition coefficient (Wildman–Crippen LogP) is 6.00. The van der Waals surface area contributed by atoms with E-state index in [0.29, 0.717) is 10.6 Å². The van der Waals surface area contributed by atoms with E-state index in [4.69, 9.17) is 0 Å². The van der Waals surface area contributed by atoms with Crippen LogP contribution in [0.5, 0.6) is 0 Å². The Balaban J connectivity index is 1.51. The lowest BCUT2D eigenvalue weighted by molar-refractivity contribution is -0.127. The number of benzene rings is 2. The summed E-state index contributed by atoms with van der Waals surface area (Å²) >= 11 is 0.866. The van der Waals surface area contributed by atoms with Crippen LogP contribution in [0, 0.1) is 13.8 Å². The lowest BCUT2D eigenvalue weighted by Crippen LogP contribution is -2.44. The van der Waals surface area contributed by atoms with Gasteiger partial charge in [0.1, 0.15) is 6.54 Å². The van der Waals surface area contributed by atoms with Crippen LogP contribution in [0.3, 0.4) is 0 Å². The number of anilines is 2. The summed E-state index contributed by atoms with van der Waals surface area (Å²) in [7, 11) is 0. The molecule has 1 saturated heterocycles. The first-order valence-electron chi connectivity index (χ1n) is 11.7. The Kier molecular flexibility index (Phi) is 6.64. The summed E-state index contributed by atoms with van der Waals surface area (Å²) in [5.41, 5.74) is 7.04. The van der Waals surface area contributed by atoms with Crippen LogP contribution in [0.1, 0.15) is 49.9 Å². The Morgan fingerprint density at radius 3 is 2.49 bits per heavy atom. The number of carbonyl (C=O) groups is 3. The molecule has 2 aromatic rings. The molecule has 0 bridgehead atoms. The second-order valence-electron chi connectivity index (χ2n) is 9.62. The average molecular weight is 490 g/mol. The molecule has 0 aromatic heterocycles. The fourth-order valence-electron chi connectivity index (χ4n) is 4.72. The van der Waals surface area contributed by atoms with E-state index in [1.807, 2.05) is 32.0 Å². The highest BCUT2D eigenvalue weighted by atomic mass is 32.2. The zero-order valence-electron chi connectivity index (χ0n) is 21.1. The van der Waals surface area contributed by atoms with E-state index in [0.717, 1.165) is 51.1 Å². The minimum Gasteiger partial charge on any atom is -0.363 e. The topological polar surface area (TPSA) is 69.7 Å². The first-order chi connectivity index (χ1) is 16.5. The van der Waals surface area contributed by atoms with Gasteiger partial charge in [-0.2, -0.15) is 0 Å². The standard InChI is InChI=1S/C28H31N3O3S/c1-7-31-23-11-9-20(13-22(23)19(4)15-28(31,5)6)14-24-26(33)30(27(34)35-24)16-25(32)29-21-10-8-17(2)18(3)12-21/h8-15H,7,16H2,1-6H3,(H,29,32)/b24-14+. The molecular formula is C28H31N3O3S. The summed E-state index contributed by atoms with van der Waals surface area (Å²) < 4.78 is 0. The molecule has 0 radical (unpaired) electrons. The van der Waals surface area contributed by atoms with Gasteiger partial charge in [-0.15, -0.1) is 0 Å². The molecule has 4 rings (SSSR count). The van der Waals surface area contributed by atoms with Gasteiger partial charge in [0.25, 0.3) is 11.1 Å². The monoisotopic (exact) mass is 489 g/mol. The van der Waals surface area contributed by atoms with Gasteiger partial charge in [0.2, 0.25) is 5.91 Å². The summed E-state index contributed by atoms with van der Waals surface area (Å²) in [6.07, 6.45) is 3.99. The van der Waals surface area contributed by atoms with Gasteiger partial charge in [0.05, 0.1) is 10.4 Å². The summed E-state index contributed by atoms with van der Waals surface area (Å²) in [6, 6.07) is 11.7. The molecule has 7 heteroatoms. The molecule has 1 fully saturated rings. The van der Waals surface area contributed by atoms with Crippen molar-refractivity contribution in [1.82, 2.24) is 4.90 Å². The summed E-state index contributed by atoms with van der Waals surface area (Å²) in [6.45, 7) is 13.2. The quantitative estimate of drug-likeness (QED) is 0.522. The maximum Gasteiger partial charge on any atom is 0.294 e. The largest absolute Gasteiger partial charge is 0.363 e. The van der Waals surface area contributed by atoms with Crippen molar-refractivity contribution in [1.29, 1.82) is 0 Å². The lowest BCUT2D eigenvalue weighted by atomic mass is 9.88. The smallest absolute Gasteiger partial charge is 0.294 e. The van der Waals surface area contributed by atoms with Crippen molar-refractivity contribution in [2.45, 2.75) is 47.1 Å². The first kappa shape index (κ1) is 24.8. The Bertz CT molecular complexity index is 1290. The van der Waals surface area contributed by atoms with Crippen LogP contribution < -0.4 is 10.2 Å². The number of nitrogens with one attached hydrogen (secondary N) is 1. The molecule has 0 spiro atoms. The van der Waals surface area contributed by atoms with Gasteiger partial charge in [0, 0.05) is 23.5 Å². The molecule has 0 atom stereocenters. The van der Waals surface area contributed by atoms with Gasteiger partial charge in [0.15, 0.2) is 0 Å². The number of rotatable bonds is 5. The molecule has 0 unspecified atom stereocenters. The van der Waals surface area contributed by atoms with Crippen molar-refractivity contribution < 1.29 is 14.4 Å². The number of fused-ring (bicyclic) bond motifs is 1. The minimum absolute atomic E-state index is 0.0755. The first-order valence-corrected chi connectivity index (χ1v) is 12.6. The Morgan fingerprint density at radius 2 is 1.80 bits per heavy atom. The van der Waals surface area contributed by atoms with Crippen LogP contribution in [0.15, 0.2) is 47.4 Å².